The quantitative estimate of drug-likeness (QED) is 0.924. The van der Waals surface area contributed by atoms with Gasteiger partial charge in [0.15, 0.2) is 0 Å². The summed E-state index contributed by atoms with van der Waals surface area (Å²) in [4.78, 5) is 2.43. The maximum absolute atomic E-state index is 13.5. The highest BCUT2D eigenvalue weighted by Gasteiger charge is 2.33. The SMILES string of the molecule is CC(N)C(c1cccc(F)c1)N1CCSC(C)C1C. The molecule has 1 aromatic rings. The summed E-state index contributed by atoms with van der Waals surface area (Å²) in [7, 11) is 0. The lowest BCUT2D eigenvalue weighted by atomic mass is 9.97. The van der Waals surface area contributed by atoms with Crippen LogP contribution in [0.1, 0.15) is 32.4 Å². The number of benzene rings is 1. The van der Waals surface area contributed by atoms with Gasteiger partial charge in [-0.1, -0.05) is 19.1 Å². The normalized spacial score (nSPS) is 28.1. The van der Waals surface area contributed by atoms with Crippen LogP contribution in [-0.4, -0.2) is 34.5 Å². The first kappa shape index (κ1) is 14.8. The van der Waals surface area contributed by atoms with Gasteiger partial charge in [-0.25, -0.2) is 4.39 Å². The molecule has 0 amide bonds. The second-order valence-electron chi connectivity index (χ2n) is 5.41. The average Bonchev–Trinajstić information content (AvgIpc) is 2.34. The summed E-state index contributed by atoms with van der Waals surface area (Å²) in [6, 6.07) is 7.39. The van der Waals surface area contributed by atoms with Crippen molar-refractivity contribution in [1.82, 2.24) is 4.90 Å². The van der Waals surface area contributed by atoms with Crippen LogP contribution < -0.4 is 5.73 Å². The smallest absolute Gasteiger partial charge is 0.123 e. The minimum absolute atomic E-state index is 0.0143. The lowest BCUT2D eigenvalue weighted by molar-refractivity contribution is 0.130. The molecule has 1 saturated heterocycles. The molecule has 1 aliphatic heterocycles. The molecule has 0 saturated carbocycles. The van der Waals surface area contributed by atoms with Gasteiger partial charge in [-0.3, -0.25) is 4.90 Å². The number of hydrogen-bond donors (Lipinski definition) is 1. The summed E-state index contributed by atoms with van der Waals surface area (Å²) >= 11 is 2.00. The Labute approximate surface area is 119 Å². The first-order valence-corrected chi connectivity index (χ1v) is 7.94. The van der Waals surface area contributed by atoms with Crippen LogP contribution in [0.3, 0.4) is 0 Å². The lowest BCUT2D eigenvalue weighted by Gasteiger charge is -2.44. The molecule has 2 N–H and O–H groups in total. The second kappa shape index (κ2) is 6.25. The lowest BCUT2D eigenvalue weighted by Crippen LogP contribution is -2.50. The first-order chi connectivity index (χ1) is 9.00. The molecule has 4 heteroatoms. The van der Waals surface area contributed by atoms with Crippen molar-refractivity contribution < 1.29 is 4.39 Å². The van der Waals surface area contributed by atoms with Gasteiger partial charge in [0.05, 0.1) is 6.04 Å². The van der Waals surface area contributed by atoms with Gasteiger partial charge in [0.25, 0.3) is 0 Å². The Hall–Kier alpha value is -0.580. The van der Waals surface area contributed by atoms with Crippen LogP contribution in [0.25, 0.3) is 0 Å². The molecule has 1 aromatic carbocycles. The van der Waals surface area contributed by atoms with Crippen molar-refractivity contribution in [2.45, 2.75) is 44.1 Å². The largest absolute Gasteiger partial charge is 0.326 e. The molecule has 4 unspecified atom stereocenters. The predicted molar refractivity (Wildman–Crippen MR) is 80.9 cm³/mol. The fourth-order valence-corrected chi connectivity index (χ4v) is 3.96. The van der Waals surface area contributed by atoms with E-state index in [0.717, 1.165) is 17.9 Å². The minimum Gasteiger partial charge on any atom is -0.326 e. The van der Waals surface area contributed by atoms with Crippen molar-refractivity contribution in [3.8, 4) is 0 Å². The fraction of sp³-hybridized carbons (Fsp3) is 0.600. The van der Waals surface area contributed by atoms with Crippen LogP contribution in [0.4, 0.5) is 4.39 Å². The number of rotatable bonds is 3. The van der Waals surface area contributed by atoms with E-state index in [1.54, 1.807) is 12.1 Å². The van der Waals surface area contributed by atoms with E-state index in [9.17, 15) is 4.39 Å². The van der Waals surface area contributed by atoms with Crippen molar-refractivity contribution in [3.63, 3.8) is 0 Å². The third kappa shape index (κ3) is 3.30. The summed E-state index contributed by atoms with van der Waals surface area (Å²) in [5.74, 6) is 0.930. The number of halogens is 1. The Morgan fingerprint density at radius 1 is 1.42 bits per heavy atom. The molecule has 2 nitrogen and oxygen atoms in total. The highest BCUT2D eigenvalue weighted by molar-refractivity contribution is 8.00. The van der Waals surface area contributed by atoms with Crippen LogP contribution in [-0.2, 0) is 0 Å². The Balaban J connectivity index is 2.29. The molecule has 0 bridgehead atoms. The summed E-state index contributed by atoms with van der Waals surface area (Å²) in [5.41, 5.74) is 7.17. The minimum atomic E-state index is -0.185. The molecule has 4 atom stereocenters. The molecule has 2 rings (SSSR count). The number of thioether (sulfide) groups is 1. The Morgan fingerprint density at radius 2 is 2.16 bits per heavy atom. The molecule has 1 aliphatic rings. The van der Waals surface area contributed by atoms with Gasteiger partial charge in [0.2, 0.25) is 0 Å². The van der Waals surface area contributed by atoms with Crippen LogP contribution in [0.5, 0.6) is 0 Å². The first-order valence-electron chi connectivity index (χ1n) is 6.89. The number of nitrogens with zero attached hydrogens (tertiary/aromatic N) is 1. The Kier molecular flexibility index (Phi) is 4.87. The van der Waals surface area contributed by atoms with E-state index in [4.69, 9.17) is 5.73 Å². The number of hydrogen-bond acceptors (Lipinski definition) is 3. The summed E-state index contributed by atoms with van der Waals surface area (Å²) in [6.45, 7) is 7.52. The Morgan fingerprint density at radius 3 is 2.79 bits per heavy atom. The zero-order valence-electron chi connectivity index (χ0n) is 11.8. The second-order valence-corrected chi connectivity index (χ2v) is 6.90. The predicted octanol–water partition coefficient (Wildman–Crippen LogP) is 3.04. The highest BCUT2D eigenvalue weighted by atomic mass is 32.2. The van der Waals surface area contributed by atoms with Crippen molar-refractivity contribution in [2.75, 3.05) is 12.3 Å². The maximum Gasteiger partial charge on any atom is 0.123 e. The van der Waals surface area contributed by atoms with Gasteiger partial charge in [0, 0.05) is 29.6 Å². The standard InChI is InChI=1S/C15H23FN2S/c1-10(17)15(13-5-4-6-14(16)9-13)18-7-8-19-12(3)11(18)2/h4-6,9-12,15H,7-8,17H2,1-3H3. The third-order valence-corrected chi connectivity index (χ3v) is 5.32. The zero-order valence-corrected chi connectivity index (χ0v) is 12.7. The van der Waals surface area contributed by atoms with Crippen LogP contribution in [0.2, 0.25) is 0 Å². The van der Waals surface area contributed by atoms with Crippen molar-refractivity contribution in [2.24, 2.45) is 5.73 Å². The zero-order chi connectivity index (χ0) is 14.0. The van der Waals surface area contributed by atoms with Gasteiger partial charge in [-0.2, -0.15) is 11.8 Å². The van der Waals surface area contributed by atoms with E-state index >= 15 is 0 Å². The molecule has 0 aromatic heterocycles. The average molecular weight is 282 g/mol. The van der Waals surface area contributed by atoms with E-state index < -0.39 is 0 Å². The third-order valence-electron chi connectivity index (χ3n) is 3.98. The van der Waals surface area contributed by atoms with E-state index in [0.29, 0.717) is 11.3 Å². The summed E-state index contributed by atoms with van der Waals surface area (Å²) < 4.78 is 13.5. The molecule has 0 aliphatic carbocycles. The molecule has 19 heavy (non-hydrogen) atoms. The summed E-state index contributed by atoms with van der Waals surface area (Å²) in [6.07, 6.45) is 0. The van der Waals surface area contributed by atoms with E-state index in [1.807, 2.05) is 24.8 Å². The molecular weight excluding hydrogens is 259 g/mol. The van der Waals surface area contributed by atoms with E-state index in [2.05, 4.69) is 18.7 Å². The van der Waals surface area contributed by atoms with Gasteiger partial charge in [-0.15, -0.1) is 0 Å². The molecule has 1 heterocycles. The van der Waals surface area contributed by atoms with E-state index in [-0.39, 0.29) is 17.9 Å². The molecule has 0 radical (unpaired) electrons. The van der Waals surface area contributed by atoms with Crippen LogP contribution in [0, 0.1) is 5.82 Å². The van der Waals surface area contributed by atoms with E-state index in [1.165, 1.54) is 6.07 Å². The fourth-order valence-electron chi connectivity index (χ4n) is 2.84. The van der Waals surface area contributed by atoms with Gasteiger partial charge in [-0.05, 0) is 31.5 Å². The van der Waals surface area contributed by atoms with Crippen molar-refractivity contribution in [1.29, 1.82) is 0 Å². The van der Waals surface area contributed by atoms with Gasteiger partial charge < -0.3 is 5.73 Å². The summed E-state index contributed by atoms with van der Waals surface area (Å²) in [5, 5.41) is 0.587. The van der Waals surface area contributed by atoms with Crippen molar-refractivity contribution in [3.05, 3.63) is 35.6 Å². The van der Waals surface area contributed by atoms with Crippen LogP contribution >= 0.6 is 11.8 Å². The Bertz CT molecular complexity index is 424. The molecule has 0 spiro atoms. The van der Waals surface area contributed by atoms with Gasteiger partial charge >= 0.3 is 0 Å². The van der Waals surface area contributed by atoms with Crippen molar-refractivity contribution >= 4 is 11.8 Å². The molecule has 1 fully saturated rings. The van der Waals surface area contributed by atoms with Gasteiger partial charge in [0.1, 0.15) is 5.82 Å². The molecular formula is C15H23FN2S. The highest BCUT2D eigenvalue weighted by Crippen LogP contribution is 2.33. The number of nitrogens with two attached hydrogens (primary N) is 1. The topological polar surface area (TPSA) is 29.3 Å². The monoisotopic (exact) mass is 282 g/mol. The maximum atomic E-state index is 13.5. The van der Waals surface area contributed by atoms with Crippen LogP contribution in [0.15, 0.2) is 24.3 Å². The molecule has 106 valence electrons.